The Balaban J connectivity index is 1.37. The minimum absolute atomic E-state index is 0.0205. The Morgan fingerprint density at radius 1 is 0.600 bits per heavy atom. The lowest BCUT2D eigenvalue weighted by Crippen LogP contribution is -2.30. The van der Waals surface area contributed by atoms with Crippen LogP contribution in [-0.4, -0.2) is 22.1 Å². The zero-order valence-corrected chi connectivity index (χ0v) is 21.7. The Kier molecular flexibility index (Phi) is 4.53. The van der Waals surface area contributed by atoms with Crippen LogP contribution in [0.5, 0.6) is 5.75 Å². The molecular formula is C36H25N3O. The number of hydrogen-bond acceptors (Lipinski definition) is 4. The van der Waals surface area contributed by atoms with Gasteiger partial charge in [0.25, 0.3) is 0 Å². The number of para-hydroxylation sites is 1. The monoisotopic (exact) mass is 515 g/mol. The summed E-state index contributed by atoms with van der Waals surface area (Å²) < 4.78 is 6.67. The molecule has 5 aromatic rings. The number of nitrogens with zero attached hydrogens (tertiary/aromatic N) is 3. The summed E-state index contributed by atoms with van der Waals surface area (Å²) in [6.45, 7) is 0. The quantitative estimate of drug-likeness (QED) is 0.238. The van der Waals surface area contributed by atoms with Crippen LogP contribution in [0.1, 0.15) is 23.0 Å². The van der Waals surface area contributed by atoms with Crippen molar-refractivity contribution in [3.8, 4) is 17.0 Å². The molecule has 0 spiro atoms. The van der Waals surface area contributed by atoms with Gasteiger partial charge in [0.1, 0.15) is 11.9 Å². The fourth-order valence-electron chi connectivity index (χ4n) is 7.06. The minimum Gasteiger partial charge on any atom is -0.484 e. The smallest absolute Gasteiger partial charge is 0.231 e. The first kappa shape index (κ1) is 21.9. The van der Waals surface area contributed by atoms with Gasteiger partial charge in [0.15, 0.2) is 0 Å². The van der Waals surface area contributed by atoms with Gasteiger partial charge in [0.05, 0.1) is 22.9 Å². The van der Waals surface area contributed by atoms with Gasteiger partial charge in [-0.15, -0.1) is 0 Å². The predicted octanol–water partition coefficient (Wildman–Crippen LogP) is 8.15. The van der Waals surface area contributed by atoms with Gasteiger partial charge in [-0.1, -0.05) is 115 Å². The van der Waals surface area contributed by atoms with Crippen molar-refractivity contribution in [1.29, 1.82) is 0 Å². The number of anilines is 2. The molecule has 4 aromatic carbocycles. The molecule has 2 aliphatic carbocycles. The molecule has 0 N–H and O–H groups in total. The van der Waals surface area contributed by atoms with E-state index in [-0.39, 0.29) is 24.0 Å². The number of ether oxygens (including phenoxy) is 1. The first-order valence-electron chi connectivity index (χ1n) is 13.9. The summed E-state index contributed by atoms with van der Waals surface area (Å²) in [6.07, 6.45) is 17.7. The number of fused-ring (bicyclic) bond motifs is 11. The number of benzene rings is 4. The first-order valence-corrected chi connectivity index (χ1v) is 13.9. The van der Waals surface area contributed by atoms with Crippen LogP contribution in [0, 0.1) is 0 Å². The lowest BCUT2D eigenvalue weighted by Gasteiger charge is -2.28. The molecule has 0 fully saturated rings. The Morgan fingerprint density at radius 3 is 2.17 bits per heavy atom. The van der Waals surface area contributed by atoms with Crippen molar-refractivity contribution in [2.75, 3.05) is 4.90 Å². The van der Waals surface area contributed by atoms with Crippen LogP contribution in [0.2, 0.25) is 0 Å². The van der Waals surface area contributed by atoms with Crippen LogP contribution >= 0.6 is 0 Å². The van der Waals surface area contributed by atoms with E-state index in [1.807, 2.05) is 6.07 Å². The number of hydrogen-bond donors (Lipinski definition) is 0. The van der Waals surface area contributed by atoms with E-state index in [1.165, 1.54) is 22.2 Å². The van der Waals surface area contributed by atoms with E-state index in [0.717, 1.165) is 39.2 Å². The van der Waals surface area contributed by atoms with Crippen molar-refractivity contribution in [3.63, 3.8) is 0 Å². The van der Waals surface area contributed by atoms with Gasteiger partial charge in [-0.25, -0.2) is 9.97 Å². The van der Waals surface area contributed by atoms with Gasteiger partial charge in [-0.05, 0) is 17.7 Å². The maximum Gasteiger partial charge on any atom is 0.231 e. The topological polar surface area (TPSA) is 38.2 Å². The zero-order valence-electron chi connectivity index (χ0n) is 21.7. The summed E-state index contributed by atoms with van der Waals surface area (Å²) in [5, 5.41) is 3.38. The van der Waals surface area contributed by atoms with E-state index in [9.17, 15) is 0 Å². The maximum absolute atomic E-state index is 6.67. The Hall–Kier alpha value is -4.96. The summed E-state index contributed by atoms with van der Waals surface area (Å²) >= 11 is 0. The Morgan fingerprint density at radius 2 is 1.30 bits per heavy atom. The fraction of sp³-hybridized carbons (Fsp3) is 0.111. The van der Waals surface area contributed by atoms with Gasteiger partial charge in [-0.3, -0.25) is 0 Å². The first-order chi connectivity index (χ1) is 19.9. The molecule has 40 heavy (non-hydrogen) atoms. The van der Waals surface area contributed by atoms with Gasteiger partial charge in [0, 0.05) is 39.1 Å². The highest BCUT2D eigenvalue weighted by atomic mass is 16.5. The molecule has 2 aliphatic heterocycles. The van der Waals surface area contributed by atoms with Crippen molar-refractivity contribution in [1.82, 2.24) is 9.97 Å². The van der Waals surface area contributed by atoms with Gasteiger partial charge in [0.2, 0.25) is 5.95 Å². The second-order valence-electron chi connectivity index (χ2n) is 10.8. The summed E-state index contributed by atoms with van der Waals surface area (Å²) in [4.78, 5) is 12.9. The molecule has 0 amide bonds. The van der Waals surface area contributed by atoms with Crippen LogP contribution in [0.15, 0.2) is 127 Å². The molecule has 4 heteroatoms. The largest absolute Gasteiger partial charge is 0.484 e. The number of aromatic nitrogens is 2. The van der Waals surface area contributed by atoms with E-state index in [0.29, 0.717) is 0 Å². The van der Waals surface area contributed by atoms with Crippen molar-refractivity contribution in [3.05, 3.63) is 139 Å². The van der Waals surface area contributed by atoms with E-state index >= 15 is 0 Å². The van der Waals surface area contributed by atoms with Gasteiger partial charge in [-0.2, -0.15) is 0 Å². The highest BCUT2D eigenvalue weighted by molar-refractivity contribution is 6.05. The van der Waals surface area contributed by atoms with E-state index in [1.54, 1.807) is 0 Å². The van der Waals surface area contributed by atoms with Crippen molar-refractivity contribution in [2.24, 2.45) is 0 Å². The van der Waals surface area contributed by atoms with E-state index in [4.69, 9.17) is 14.7 Å². The summed E-state index contributed by atoms with van der Waals surface area (Å²) in [5.74, 6) is 2.12. The SMILES string of the molecule is C1=CC2Oc3c(c4c(c5ccccc35)N(c3nc(-c5ccccc5)c5ccccc5n3)C3C=CC=CC43)C2C=C1. The number of rotatable bonds is 2. The van der Waals surface area contributed by atoms with E-state index in [2.05, 4.69) is 126 Å². The average molecular weight is 516 g/mol. The summed E-state index contributed by atoms with van der Waals surface area (Å²) in [5.41, 5.74) is 6.83. The van der Waals surface area contributed by atoms with E-state index < -0.39 is 0 Å². The second-order valence-corrected chi connectivity index (χ2v) is 10.8. The number of allylic oxidation sites excluding steroid dienone is 4. The molecule has 4 aliphatic rings. The zero-order chi connectivity index (χ0) is 26.2. The maximum atomic E-state index is 6.67. The molecule has 4 unspecified atom stereocenters. The van der Waals surface area contributed by atoms with Crippen LogP contribution in [0.4, 0.5) is 11.6 Å². The molecule has 9 rings (SSSR count). The third-order valence-corrected chi connectivity index (χ3v) is 8.72. The second kappa shape index (κ2) is 8.27. The van der Waals surface area contributed by atoms with Crippen LogP contribution < -0.4 is 9.64 Å². The highest BCUT2D eigenvalue weighted by Gasteiger charge is 2.47. The molecule has 0 bridgehead atoms. The fourth-order valence-corrected chi connectivity index (χ4v) is 7.06. The van der Waals surface area contributed by atoms with Gasteiger partial charge >= 0.3 is 0 Å². The normalized spacial score (nSPS) is 23.2. The Bertz CT molecular complexity index is 1970. The van der Waals surface area contributed by atoms with Crippen LogP contribution in [0.3, 0.4) is 0 Å². The Labute approximate surface area is 232 Å². The lowest BCUT2D eigenvalue weighted by atomic mass is 9.81. The molecule has 190 valence electrons. The third-order valence-electron chi connectivity index (χ3n) is 8.72. The minimum atomic E-state index is 0.0205. The summed E-state index contributed by atoms with van der Waals surface area (Å²) in [7, 11) is 0. The molecule has 4 nitrogen and oxygen atoms in total. The third kappa shape index (κ3) is 2.96. The predicted molar refractivity (Wildman–Crippen MR) is 161 cm³/mol. The summed E-state index contributed by atoms with van der Waals surface area (Å²) in [6, 6.07) is 27.5. The van der Waals surface area contributed by atoms with Crippen molar-refractivity contribution < 1.29 is 4.74 Å². The standard InChI is InChI=1S/C36H25N3O/c1-2-12-22(13-3-1)33-25-16-6-9-19-28(25)37-36(38-33)39-29-20-10-7-17-26(29)31-32-27-18-8-11-21-30(27)40-35(32)24-15-5-4-14-23(24)34(31)39/h1-21,26-27,29-30H. The lowest BCUT2D eigenvalue weighted by molar-refractivity contribution is 0.271. The van der Waals surface area contributed by atoms with Gasteiger partial charge < -0.3 is 9.64 Å². The van der Waals surface area contributed by atoms with Crippen LogP contribution in [0.25, 0.3) is 32.9 Å². The molecular weight excluding hydrogens is 490 g/mol. The molecule has 0 saturated carbocycles. The molecule has 0 saturated heterocycles. The molecule has 1 aromatic heterocycles. The van der Waals surface area contributed by atoms with Crippen molar-refractivity contribution in [2.45, 2.75) is 24.0 Å². The van der Waals surface area contributed by atoms with Crippen molar-refractivity contribution >= 4 is 33.3 Å². The van der Waals surface area contributed by atoms with Crippen LogP contribution in [-0.2, 0) is 0 Å². The average Bonchev–Trinajstić information content (AvgIpc) is 3.58. The molecule has 4 atom stereocenters. The highest BCUT2D eigenvalue weighted by Crippen LogP contribution is 2.59. The molecule has 3 heterocycles. The molecule has 0 radical (unpaired) electrons.